The van der Waals surface area contributed by atoms with Crippen LogP contribution in [0.1, 0.15) is 94.7 Å². The Morgan fingerprint density at radius 3 is 1.90 bits per heavy atom. The number of phenolic OH excluding ortho intramolecular Hbond substituents is 1. The summed E-state index contributed by atoms with van der Waals surface area (Å²) >= 11 is 0. The lowest BCUT2D eigenvalue weighted by Crippen LogP contribution is -2.59. The van der Waals surface area contributed by atoms with Crippen LogP contribution in [0, 0.1) is 13.8 Å². The Morgan fingerprint density at radius 2 is 1.35 bits per heavy atom. The molecule has 3 aromatic carbocycles. The summed E-state index contributed by atoms with van der Waals surface area (Å²) in [5, 5.41) is 15.7. The van der Waals surface area contributed by atoms with Crippen molar-refractivity contribution in [2.45, 2.75) is 123 Å². The van der Waals surface area contributed by atoms with Gasteiger partial charge in [-0.2, -0.15) is 0 Å². The second-order valence-electron chi connectivity index (χ2n) is 15.4. The third-order valence-electron chi connectivity index (χ3n) is 8.75. The van der Waals surface area contributed by atoms with Crippen LogP contribution < -0.4 is 10.6 Å². The molecule has 274 valence electrons. The number of alkyl carbamates (subject to hydrolysis) is 1. The van der Waals surface area contributed by atoms with Gasteiger partial charge in [0, 0.05) is 18.9 Å². The maximum absolute atomic E-state index is 15.0. The number of nitrogens with zero attached hydrogens (tertiary/aromatic N) is 1. The zero-order valence-electron chi connectivity index (χ0n) is 31.1. The van der Waals surface area contributed by atoms with Crippen LogP contribution in [0.15, 0.2) is 72.8 Å². The van der Waals surface area contributed by atoms with Crippen LogP contribution in [0.5, 0.6) is 5.75 Å². The summed E-state index contributed by atoms with van der Waals surface area (Å²) in [4.78, 5) is 58.1. The minimum Gasteiger partial charge on any atom is -0.508 e. The molecule has 3 N–H and O–H groups in total. The van der Waals surface area contributed by atoms with E-state index in [1.54, 1.807) is 58.6 Å². The largest absolute Gasteiger partial charge is 0.508 e. The SMILES string of the molecule is Cc1ccc(C(C(=O)NC(Cc2ccccc2)C(=O)OC(C)(C)C)N(C(=O)C(Cc2ccc(O)cc2)NC(=O)OC(C)(C)C)C2CCC2)cc1C. The first-order valence-corrected chi connectivity index (χ1v) is 17.6. The summed E-state index contributed by atoms with van der Waals surface area (Å²) < 4.78 is 11.3. The molecule has 10 heteroatoms. The number of nitrogens with one attached hydrogen (secondary N) is 2. The number of ether oxygens (including phenoxy) is 2. The lowest BCUT2D eigenvalue weighted by molar-refractivity contribution is -0.159. The van der Waals surface area contributed by atoms with Gasteiger partial charge in [-0.15, -0.1) is 0 Å². The molecule has 0 bridgehead atoms. The van der Waals surface area contributed by atoms with E-state index >= 15 is 0 Å². The van der Waals surface area contributed by atoms with Gasteiger partial charge >= 0.3 is 12.1 Å². The van der Waals surface area contributed by atoms with E-state index in [4.69, 9.17) is 9.47 Å². The van der Waals surface area contributed by atoms with Crippen molar-refractivity contribution in [3.05, 3.63) is 101 Å². The average Bonchev–Trinajstić information content (AvgIpc) is 3.00. The van der Waals surface area contributed by atoms with Crippen LogP contribution in [0.2, 0.25) is 0 Å². The number of hydrogen-bond donors (Lipinski definition) is 3. The van der Waals surface area contributed by atoms with Gasteiger partial charge in [0.05, 0.1) is 0 Å². The van der Waals surface area contributed by atoms with Crippen molar-refractivity contribution >= 4 is 23.9 Å². The van der Waals surface area contributed by atoms with Gasteiger partial charge in [0.1, 0.15) is 35.1 Å². The molecule has 3 aromatic rings. The predicted octanol–water partition coefficient (Wildman–Crippen LogP) is 6.64. The number of carbonyl (C=O) groups is 4. The summed E-state index contributed by atoms with van der Waals surface area (Å²) in [6, 6.07) is 17.8. The second kappa shape index (κ2) is 16.4. The van der Waals surface area contributed by atoms with E-state index in [0.29, 0.717) is 24.0 Å². The van der Waals surface area contributed by atoms with Gasteiger partial charge in [0.2, 0.25) is 11.8 Å². The molecular formula is C41H53N3O7. The second-order valence-corrected chi connectivity index (χ2v) is 15.4. The van der Waals surface area contributed by atoms with E-state index in [1.165, 1.54) is 12.1 Å². The number of carbonyl (C=O) groups excluding carboxylic acids is 4. The number of rotatable bonds is 12. The highest BCUT2D eigenvalue weighted by Crippen LogP contribution is 2.35. The Labute approximate surface area is 301 Å². The van der Waals surface area contributed by atoms with Crippen molar-refractivity contribution in [2.24, 2.45) is 0 Å². The fourth-order valence-corrected chi connectivity index (χ4v) is 5.92. The van der Waals surface area contributed by atoms with Gasteiger partial charge in [0.15, 0.2) is 0 Å². The van der Waals surface area contributed by atoms with E-state index < -0.39 is 53.2 Å². The smallest absolute Gasteiger partial charge is 0.408 e. The number of esters is 1. The Balaban J connectivity index is 1.79. The molecular weight excluding hydrogens is 646 g/mol. The highest BCUT2D eigenvalue weighted by atomic mass is 16.6. The molecule has 3 unspecified atom stereocenters. The lowest BCUT2D eigenvalue weighted by atomic mass is 9.87. The maximum atomic E-state index is 15.0. The molecule has 0 aliphatic heterocycles. The first-order chi connectivity index (χ1) is 23.9. The van der Waals surface area contributed by atoms with Crippen molar-refractivity contribution in [3.63, 3.8) is 0 Å². The Morgan fingerprint density at radius 1 is 0.765 bits per heavy atom. The number of amides is 3. The summed E-state index contributed by atoms with van der Waals surface area (Å²) in [5.41, 5.74) is 2.45. The average molecular weight is 700 g/mol. The molecule has 1 saturated carbocycles. The molecule has 0 heterocycles. The number of hydrogen-bond acceptors (Lipinski definition) is 7. The van der Waals surface area contributed by atoms with Gasteiger partial charge in [-0.1, -0.05) is 60.7 Å². The topological polar surface area (TPSA) is 134 Å². The summed E-state index contributed by atoms with van der Waals surface area (Å²) in [7, 11) is 0. The Kier molecular flexibility index (Phi) is 12.6. The Bertz CT molecular complexity index is 1670. The normalized spacial score (nSPS) is 15.1. The molecule has 3 amide bonds. The Hall–Kier alpha value is -4.86. The first-order valence-electron chi connectivity index (χ1n) is 17.6. The van der Waals surface area contributed by atoms with Crippen LogP contribution in [-0.4, -0.2) is 63.2 Å². The summed E-state index contributed by atoms with van der Waals surface area (Å²) in [6.45, 7) is 14.4. The number of phenols is 1. The zero-order chi connectivity index (χ0) is 37.5. The van der Waals surface area contributed by atoms with E-state index in [9.17, 15) is 24.3 Å². The van der Waals surface area contributed by atoms with Gasteiger partial charge in [-0.05, 0) is 115 Å². The third kappa shape index (κ3) is 11.3. The molecule has 0 aromatic heterocycles. The molecule has 10 nitrogen and oxygen atoms in total. The number of benzene rings is 3. The fourth-order valence-electron chi connectivity index (χ4n) is 5.92. The molecule has 1 aliphatic carbocycles. The molecule has 1 fully saturated rings. The van der Waals surface area contributed by atoms with Crippen molar-refractivity contribution in [1.29, 1.82) is 0 Å². The van der Waals surface area contributed by atoms with Crippen molar-refractivity contribution < 1.29 is 33.8 Å². The highest BCUT2D eigenvalue weighted by molar-refractivity contribution is 5.94. The van der Waals surface area contributed by atoms with Gasteiger partial charge in [0.25, 0.3) is 0 Å². The van der Waals surface area contributed by atoms with Crippen LogP contribution in [0.25, 0.3) is 0 Å². The molecule has 1 aliphatic rings. The number of aryl methyl sites for hydroxylation is 2. The van der Waals surface area contributed by atoms with E-state index in [-0.39, 0.29) is 24.6 Å². The highest BCUT2D eigenvalue weighted by Gasteiger charge is 2.43. The number of aromatic hydroxyl groups is 1. The van der Waals surface area contributed by atoms with Gasteiger partial charge in [-0.25, -0.2) is 9.59 Å². The van der Waals surface area contributed by atoms with Crippen LogP contribution >= 0.6 is 0 Å². The van der Waals surface area contributed by atoms with Crippen LogP contribution in [0.4, 0.5) is 4.79 Å². The quantitative estimate of drug-likeness (QED) is 0.181. The molecule has 4 rings (SSSR count). The molecule has 51 heavy (non-hydrogen) atoms. The van der Waals surface area contributed by atoms with Crippen molar-refractivity contribution in [1.82, 2.24) is 15.5 Å². The van der Waals surface area contributed by atoms with Crippen LogP contribution in [0.3, 0.4) is 0 Å². The maximum Gasteiger partial charge on any atom is 0.408 e. The molecule has 0 radical (unpaired) electrons. The van der Waals surface area contributed by atoms with Crippen LogP contribution in [-0.2, 0) is 36.7 Å². The van der Waals surface area contributed by atoms with Gasteiger partial charge < -0.3 is 30.1 Å². The first kappa shape index (κ1) is 38.9. The fraction of sp³-hybridized carbons (Fsp3) is 0.463. The van der Waals surface area contributed by atoms with E-state index in [1.807, 2.05) is 62.4 Å². The molecule has 0 saturated heterocycles. The molecule has 0 spiro atoms. The van der Waals surface area contributed by atoms with E-state index in [0.717, 1.165) is 23.1 Å². The predicted molar refractivity (Wildman–Crippen MR) is 196 cm³/mol. The standard InChI is InChI=1S/C41H53N3O7/c1-26-17-20-30(23-27(26)2)35(36(46)42-34(38(48)50-40(3,4)5)25-28-13-10-9-11-14-28)44(31-15-12-16-31)37(47)33(43-39(49)51-41(6,7)8)24-29-18-21-32(45)22-19-29/h9-11,13-14,17-23,31,33-35,45H,12,15-16,24-25H2,1-8H3,(H,42,46)(H,43,49). The minimum absolute atomic E-state index is 0.0688. The van der Waals surface area contributed by atoms with Gasteiger partial charge in [-0.3, -0.25) is 9.59 Å². The third-order valence-corrected chi connectivity index (χ3v) is 8.75. The summed E-state index contributed by atoms with van der Waals surface area (Å²) in [5.74, 6) is -1.52. The monoisotopic (exact) mass is 699 g/mol. The van der Waals surface area contributed by atoms with E-state index in [2.05, 4.69) is 10.6 Å². The molecule has 3 atom stereocenters. The lowest BCUT2D eigenvalue weighted by Gasteiger charge is -2.44. The van der Waals surface area contributed by atoms with Crippen molar-refractivity contribution in [3.8, 4) is 5.75 Å². The zero-order valence-corrected chi connectivity index (χ0v) is 31.1. The summed E-state index contributed by atoms with van der Waals surface area (Å²) in [6.07, 6.45) is 1.69. The van der Waals surface area contributed by atoms with Crippen molar-refractivity contribution in [2.75, 3.05) is 0 Å². The minimum atomic E-state index is -1.13.